The molecule has 4 rings (SSSR count). The Morgan fingerprint density at radius 2 is 2.10 bits per heavy atom. The summed E-state index contributed by atoms with van der Waals surface area (Å²) in [5.74, 6) is 0.553. The molecule has 0 aliphatic carbocycles. The van der Waals surface area contributed by atoms with E-state index in [1.165, 1.54) is 0 Å². The first kappa shape index (κ1) is 22.3. The van der Waals surface area contributed by atoms with Crippen molar-refractivity contribution in [1.29, 1.82) is 0 Å². The van der Waals surface area contributed by atoms with Crippen LogP contribution in [0, 0.1) is 0 Å². The van der Waals surface area contributed by atoms with Crippen molar-refractivity contribution >= 4 is 56.6 Å². The Balaban J connectivity index is 0.00000240. The van der Waals surface area contributed by atoms with Gasteiger partial charge < -0.3 is 19.7 Å². The summed E-state index contributed by atoms with van der Waals surface area (Å²) in [5.41, 5.74) is 2.27. The molecule has 1 fully saturated rings. The molecular formula is C19H24BrClN4O3S. The lowest BCUT2D eigenvalue weighted by Gasteiger charge is -2.27. The number of hydrogen-bond donors (Lipinski definition) is 1. The second-order valence-electron chi connectivity index (χ2n) is 6.82. The number of halogens is 2. The van der Waals surface area contributed by atoms with E-state index in [1.54, 1.807) is 29.4 Å². The van der Waals surface area contributed by atoms with Gasteiger partial charge in [-0.25, -0.2) is 4.98 Å². The van der Waals surface area contributed by atoms with Gasteiger partial charge in [0.05, 0.1) is 24.6 Å². The van der Waals surface area contributed by atoms with Crippen molar-refractivity contribution in [3.8, 4) is 17.0 Å². The molecule has 0 spiro atoms. The van der Waals surface area contributed by atoms with Gasteiger partial charge in [-0.3, -0.25) is 9.69 Å². The van der Waals surface area contributed by atoms with Crippen LogP contribution in [-0.4, -0.2) is 68.8 Å². The van der Waals surface area contributed by atoms with Gasteiger partial charge in [0.15, 0.2) is 17.5 Å². The molecule has 0 atom stereocenters. The molecule has 0 bridgehead atoms. The van der Waals surface area contributed by atoms with Crippen molar-refractivity contribution in [2.24, 2.45) is 0 Å². The van der Waals surface area contributed by atoms with E-state index in [9.17, 15) is 4.79 Å². The lowest BCUT2D eigenvalue weighted by atomic mass is 10.1. The molecule has 2 aliphatic heterocycles. The maximum absolute atomic E-state index is 11.9. The molecular weight excluding hydrogens is 480 g/mol. The van der Waals surface area contributed by atoms with Crippen LogP contribution in [0.3, 0.4) is 0 Å². The van der Waals surface area contributed by atoms with Gasteiger partial charge in [0.2, 0.25) is 0 Å². The zero-order valence-electron chi connectivity index (χ0n) is 16.1. The van der Waals surface area contributed by atoms with Crippen molar-refractivity contribution in [1.82, 2.24) is 9.88 Å². The Labute approximate surface area is 189 Å². The molecule has 2 aromatic rings. The highest BCUT2D eigenvalue weighted by Gasteiger charge is 2.26. The number of likely N-dealkylation sites (N-methyl/N-ethyl adjacent to an activating group) is 1. The standard InChI is InChI=1S/C19H23ClN4O3S.BrH/c1-23-16-10-13(20)9-14(18(16)27-11-17(23)25)15-12-28-19(22-15)21-3-2-4-24-5-7-26-8-6-24;/h9-10,12H,2-8,11H2,1H3,(H,21,22);1H. The lowest BCUT2D eigenvalue weighted by Crippen LogP contribution is -2.37. The molecule has 29 heavy (non-hydrogen) atoms. The van der Waals surface area contributed by atoms with Crippen molar-refractivity contribution in [3.05, 3.63) is 22.5 Å². The quantitative estimate of drug-likeness (QED) is 0.609. The molecule has 0 saturated carbocycles. The number of morpholine rings is 1. The molecule has 2 aliphatic rings. The number of carbonyl (C=O) groups excluding carboxylic acids is 1. The largest absolute Gasteiger partial charge is 0.481 e. The molecule has 1 N–H and O–H groups in total. The molecule has 1 aromatic carbocycles. The van der Waals surface area contributed by atoms with Gasteiger partial charge in [-0.05, 0) is 25.1 Å². The second-order valence-corrected chi connectivity index (χ2v) is 8.11. The minimum absolute atomic E-state index is 0. The zero-order chi connectivity index (χ0) is 19.5. The van der Waals surface area contributed by atoms with Gasteiger partial charge in [0.1, 0.15) is 0 Å². The Bertz CT molecular complexity index is 860. The maximum atomic E-state index is 11.9. The first-order chi connectivity index (χ1) is 13.6. The highest BCUT2D eigenvalue weighted by Crippen LogP contribution is 2.43. The Morgan fingerprint density at radius 1 is 1.31 bits per heavy atom. The van der Waals surface area contributed by atoms with Crippen LogP contribution in [-0.2, 0) is 9.53 Å². The van der Waals surface area contributed by atoms with Crippen molar-refractivity contribution in [2.75, 3.05) is 63.3 Å². The van der Waals surface area contributed by atoms with Crippen molar-refractivity contribution < 1.29 is 14.3 Å². The molecule has 1 amide bonds. The van der Waals surface area contributed by atoms with Crippen LogP contribution >= 0.6 is 39.9 Å². The van der Waals surface area contributed by atoms with Gasteiger partial charge in [0, 0.05) is 42.6 Å². The number of carbonyl (C=O) groups is 1. The maximum Gasteiger partial charge on any atom is 0.264 e. The molecule has 0 radical (unpaired) electrons. The molecule has 1 saturated heterocycles. The Hall–Kier alpha value is -1.39. The van der Waals surface area contributed by atoms with E-state index in [-0.39, 0.29) is 29.5 Å². The van der Waals surface area contributed by atoms with E-state index in [1.807, 2.05) is 11.4 Å². The Kier molecular flexibility index (Phi) is 7.75. The zero-order valence-corrected chi connectivity index (χ0v) is 19.4. The molecule has 7 nitrogen and oxygen atoms in total. The summed E-state index contributed by atoms with van der Waals surface area (Å²) in [6.07, 6.45) is 1.05. The fourth-order valence-electron chi connectivity index (χ4n) is 3.34. The number of ether oxygens (including phenoxy) is 2. The van der Waals surface area contributed by atoms with Crippen LogP contribution in [0.2, 0.25) is 5.02 Å². The number of nitrogens with one attached hydrogen (secondary N) is 1. The summed E-state index contributed by atoms with van der Waals surface area (Å²) in [7, 11) is 1.73. The third-order valence-electron chi connectivity index (χ3n) is 4.92. The fourth-order valence-corrected chi connectivity index (χ4v) is 4.29. The Morgan fingerprint density at radius 3 is 2.90 bits per heavy atom. The summed E-state index contributed by atoms with van der Waals surface area (Å²) in [4.78, 5) is 20.6. The van der Waals surface area contributed by atoms with E-state index in [0.717, 1.165) is 62.2 Å². The van der Waals surface area contributed by atoms with E-state index >= 15 is 0 Å². The molecule has 0 unspecified atom stereocenters. The average molecular weight is 504 g/mol. The predicted octanol–water partition coefficient (Wildman–Crippen LogP) is 3.53. The predicted molar refractivity (Wildman–Crippen MR) is 122 cm³/mol. The normalized spacial score (nSPS) is 16.8. The first-order valence-corrected chi connectivity index (χ1v) is 10.6. The molecule has 10 heteroatoms. The van der Waals surface area contributed by atoms with Crippen LogP contribution in [0.25, 0.3) is 11.3 Å². The lowest BCUT2D eigenvalue weighted by molar-refractivity contribution is -0.120. The third kappa shape index (κ3) is 5.21. The van der Waals surface area contributed by atoms with Crippen LogP contribution in [0.5, 0.6) is 5.75 Å². The summed E-state index contributed by atoms with van der Waals surface area (Å²) >= 11 is 7.83. The smallest absolute Gasteiger partial charge is 0.264 e. The SMILES string of the molecule is Br.CN1C(=O)COc2c(-c3csc(NCCCN4CCOCC4)n3)cc(Cl)cc21. The first-order valence-electron chi connectivity index (χ1n) is 9.34. The van der Waals surface area contributed by atoms with Crippen molar-refractivity contribution in [2.45, 2.75) is 6.42 Å². The topological polar surface area (TPSA) is 66.9 Å². The van der Waals surface area contributed by atoms with E-state index in [4.69, 9.17) is 21.1 Å². The highest BCUT2D eigenvalue weighted by molar-refractivity contribution is 8.93. The molecule has 3 heterocycles. The van der Waals surface area contributed by atoms with Crippen molar-refractivity contribution in [3.63, 3.8) is 0 Å². The third-order valence-corrected chi connectivity index (χ3v) is 5.94. The number of fused-ring (bicyclic) bond motifs is 1. The number of benzene rings is 1. The summed E-state index contributed by atoms with van der Waals surface area (Å²) in [5, 5.41) is 6.79. The van der Waals surface area contributed by atoms with Crippen LogP contribution in [0.4, 0.5) is 10.8 Å². The summed E-state index contributed by atoms with van der Waals surface area (Å²) in [6, 6.07) is 3.58. The van der Waals surface area contributed by atoms with Gasteiger partial charge in [-0.1, -0.05) is 11.6 Å². The average Bonchev–Trinajstić information content (AvgIpc) is 3.17. The highest BCUT2D eigenvalue weighted by atomic mass is 79.9. The minimum atomic E-state index is -0.0957. The number of thiazole rings is 1. The molecule has 158 valence electrons. The fraction of sp³-hybridized carbons (Fsp3) is 0.474. The van der Waals surface area contributed by atoms with E-state index < -0.39 is 0 Å². The summed E-state index contributed by atoms with van der Waals surface area (Å²) < 4.78 is 11.1. The van der Waals surface area contributed by atoms with Crippen LogP contribution in [0.1, 0.15) is 6.42 Å². The number of aromatic nitrogens is 1. The second kappa shape index (κ2) is 10.1. The minimum Gasteiger partial charge on any atom is -0.481 e. The number of amides is 1. The number of rotatable bonds is 6. The van der Waals surface area contributed by atoms with Gasteiger partial charge >= 0.3 is 0 Å². The van der Waals surface area contributed by atoms with Crippen LogP contribution < -0.4 is 15.0 Å². The number of hydrogen-bond acceptors (Lipinski definition) is 7. The van der Waals surface area contributed by atoms with E-state index in [2.05, 4.69) is 15.2 Å². The summed E-state index contributed by atoms with van der Waals surface area (Å²) in [6.45, 7) is 5.63. The van der Waals surface area contributed by atoms with Crippen LogP contribution in [0.15, 0.2) is 17.5 Å². The number of anilines is 2. The molecule has 1 aromatic heterocycles. The number of nitrogens with zero attached hydrogens (tertiary/aromatic N) is 3. The van der Waals surface area contributed by atoms with Gasteiger partial charge in [-0.2, -0.15) is 0 Å². The monoisotopic (exact) mass is 502 g/mol. The van der Waals surface area contributed by atoms with Gasteiger partial charge in [-0.15, -0.1) is 28.3 Å². The van der Waals surface area contributed by atoms with E-state index in [0.29, 0.717) is 16.5 Å². The van der Waals surface area contributed by atoms with Gasteiger partial charge in [0.25, 0.3) is 5.91 Å².